The molecule has 0 N–H and O–H groups in total. The average molecular weight is 164 g/mol. The second-order valence-corrected chi connectivity index (χ2v) is 2.49. The highest BCUT2D eigenvalue weighted by molar-refractivity contribution is 6.29. The third-order valence-corrected chi connectivity index (χ3v) is 1.54. The topological polar surface area (TPSA) is 25.8 Å². The second kappa shape index (κ2) is 2.47. The smallest absolute Gasteiger partial charge is 0.148 e. The Kier molecular flexibility index (Phi) is 1.47. The first-order valence-electron chi connectivity index (χ1n) is 3.14. The molecule has 1 aromatic heterocycles. The number of rotatable bonds is 0. The van der Waals surface area contributed by atoms with Crippen LogP contribution in [0.25, 0.3) is 11.0 Å². The van der Waals surface area contributed by atoms with Crippen molar-refractivity contribution in [3.05, 3.63) is 35.6 Å². The maximum Gasteiger partial charge on any atom is 0.148 e. The number of halogens is 1. The fraction of sp³-hybridized carbons (Fsp3) is 0. The first-order chi connectivity index (χ1) is 5.36. The Morgan fingerprint density at radius 1 is 1.36 bits per heavy atom. The molecule has 0 fully saturated rings. The van der Waals surface area contributed by atoms with Crippen molar-refractivity contribution in [3.8, 4) is 0 Å². The first-order valence-corrected chi connectivity index (χ1v) is 3.52. The van der Waals surface area contributed by atoms with Gasteiger partial charge in [0.2, 0.25) is 0 Å². The number of hydrogen-bond donors (Lipinski definition) is 0. The summed E-state index contributed by atoms with van der Waals surface area (Å²) in [4.78, 5) is 8.11. The molecule has 0 aliphatic rings. The first kappa shape index (κ1) is 6.55. The SMILES string of the molecule is Clc1cnc2c[c]ccc2n1. The van der Waals surface area contributed by atoms with E-state index < -0.39 is 0 Å². The molecule has 0 saturated heterocycles. The molecule has 1 aromatic carbocycles. The van der Waals surface area contributed by atoms with Crippen molar-refractivity contribution in [3.63, 3.8) is 0 Å². The van der Waals surface area contributed by atoms with E-state index in [-0.39, 0.29) is 0 Å². The van der Waals surface area contributed by atoms with E-state index in [1.165, 1.54) is 6.20 Å². The van der Waals surface area contributed by atoms with Crippen LogP contribution in [0.1, 0.15) is 0 Å². The molecule has 1 heterocycles. The molecule has 2 aromatic rings. The zero-order valence-electron chi connectivity index (χ0n) is 5.58. The summed E-state index contributed by atoms with van der Waals surface area (Å²) >= 11 is 5.63. The summed E-state index contributed by atoms with van der Waals surface area (Å²) in [5.41, 5.74) is 1.62. The Morgan fingerprint density at radius 2 is 2.27 bits per heavy atom. The highest BCUT2D eigenvalue weighted by atomic mass is 35.5. The van der Waals surface area contributed by atoms with Gasteiger partial charge in [-0.25, -0.2) is 4.98 Å². The van der Waals surface area contributed by atoms with E-state index in [0.29, 0.717) is 5.15 Å². The summed E-state index contributed by atoms with van der Waals surface area (Å²) in [5, 5.41) is 0.420. The normalized spacial score (nSPS) is 10.3. The van der Waals surface area contributed by atoms with E-state index in [2.05, 4.69) is 16.0 Å². The lowest BCUT2D eigenvalue weighted by atomic mass is 10.3. The fourth-order valence-corrected chi connectivity index (χ4v) is 1.02. The van der Waals surface area contributed by atoms with Crippen LogP contribution in [0.3, 0.4) is 0 Å². The summed E-state index contributed by atoms with van der Waals surface area (Å²) in [6.07, 6.45) is 1.53. The molecule has 0 amide bonds. The molecule has 2 nitrogen and oxygen atoms in total. The minimum Gasteiger partial charge on any atom is -0.251 e. The number of benzene rings is 1. The molecule has 0 aliphatic heterocycles. The van der Waals surface area contributed by atoms with Crippen molar-refractivity contribution in [1.29, 1.82) is 0 Å². The molecule has 0 saturated carbocycles. The van der Waals surface area contributed by atoms with Crippen molar-refractivity contribution < 1.29 is 0 Å². The van der Waals surface area contributed by atoms with Gasteiger partial charge in [-0.2, -0.15) is 0 Å². The Morgan fingerprint density at radius 3 is 3.18 bits per heavy atom. The zero-order valence-corrected chi connectivity index (χ0v) is 6.34. The molecule has 53 valence electrons. The summed E-state index contributed by atoms with van der Waals surface area (Å²) in [7, 11) is 0. The molecule has 0 bridgehead atoms. The Labute approximate surface area is 68.9 Å². The van der Waals surface area contributed by atoms with Crippen LogP contribution in [0.5, 0.6) is 0 Å². The van der Waals surface area contributed by atoms with Crippen LogP contribution >= 0.6 is 11.6 Å². The van der Waals surface area contributed by atoms with Gasteiger partial charge in [-0.15, -0.1) is 0 Å². The molecule has 0 atom stereocenters. The van der Waals surface area contributed by atoms with Gasteiger partial charge in [0.1, 0.15) is 5.15 Å². The van der Waals surface area contributed by atoms with Crippen LogP contribution in [0.2, 0.25) is 5.15 Å². The molecular weight excluding hydrogens is 160 g/mol. The van der Waals surface area contributed by atoms with E-state index >= 15 is 0 Å². The third-order valence-electron chi connectivity index (χ3n) is 1.36. The van der Waals surface area contributed by atoms with Gasteiger partial charge >= 0.3 is 0 Å². The van der Waals surface area contributed by atoms with Crippen LogP contribution in [0.4, 0.5) is 0 Å². The van der Waals surface area contributed by atoms with Crippen LogP contribution in [0.15, 0.2) is 24.4 Å². The van der Waals surface area contributed by atoms with Crippen LogP contribution in [-0.4, -0.2) is 9.97 Å². The minimum atomic E-state index is 0.420. The zero-order chi connectivity index (χ0) is 7.68. The Bertz CT molecular complexity index is 387. The number of aromatic nitrogens is 2. The quantitative estimate of drug-likeness (QED) is 0.594. The van der Waals surface area contributed by atoms with E-state index in [1.807, 2.05) is 6.07 Å². The molecular formula is C8H4ClN2. The van der Waals surface area contributed by atoms with Crippen molar-refractivity contribution in [2.24, 2.45) is 0 Å². The van der Waals surface area contributed by atoms with Gasteiger partial charge in [0, 0.05) is 0 Å². The number of hydrogen-bond acceptors (Lipinski definition) is 2. The average Bonchev–Trinajstić information content (AvgIpc) is 2.04. The van der Waals surface area contributed by atoms with Crippen LogP contribution in [-0.2, 0) is 0 Å². The summed E-state index contributed by atoms with van der Waals surface area (Å²) in [6.45, 7) is 0. The van der Waals surface area contributed by atoms with Gasteiger partial charge in [-0.1, -0.05) is 17.7 Å². The largest absolute Gasteiger partial charge is 0.251 e. The second-order valence-electron chi connectivity index (χ2n) is 2.11. The summed E-state index contributed by atoms with van der Waals surface area (Å²) in [5.74, 6) is 0. The maximum absolute atomic E-state index is 5.63. The van der Waals surface area contributed by atoms with Crippen molar-refractivity contribution in [1.82, 2.24) is 9.97 Å². The molecule has 0 spiro atoms. The molecule has 11 heavy (non-hydrogen) atoms. The molecule has 0 unspecified atom stereocenters. The van der Waals surface area contributed by atoms with E-state index in [1.54, 1.807) is 12.1 Å². The van der Waals surface area contributed by atoms with E-state index in [9.17, 15) is 0 Å². The predicted molar refractivity (Wildman–Crippen MR) is 43.4 cm³/mol. The lowest BCUT2D eigenvalue weighted by Gasteiger charge is -1.93. The highest BCUT2D eigenvalue weighted by Gasteiger charge is 1.94. The van der Waals surface area contributed by atoms with Gasteiger partial charge < -0.3 is 0 Å². The van der Waals surface area contributed by atoms with Crippen molar-refractivity contribution in [2.75, 3.05) is 0 Å². The molecule has 2 rings (SSSR count). The molecule has 3 heteroatoms. The fourth-order valence-electron chi connectivity index (χ4n) is 0.878. The highest BCUT2D eigenvalue weighted by Crippen LogP contribution is 2.10. The van der Waals surface area contributed by atoms with Gasteiger partial charge in [0.05, 0.1) is 17.2 Å². The summed E-state index contributed by atoms with van der Waals surface area (Å²) < 4.78 is 0. The monoisotopic (exact) mass is 163 g/mol. The molecule has 1 radical (unpaired) electrons. The van der Waals surface area contributed by atoms with Gasteiger partial charge in [0.15, 0.2) is 0 Å². The van der Waals surface area contributed by atoms with Gasteiger partial charge in [-0.3, -0.25) is 4.98 Å². The Hall–Kier alpha value is -1.15. The third kappa shape index (κ3) is 1.17. The Balaban J connectivity index is 2.83. The van der Waals surface area contributed by atoms with Crippen molar-refractivity contribution >= 4 is 22.6 Å². The maximum atomic E-state index is 5.63. The lowest BCUT2D eigenvalue weighted by molar-refractivity contribution is 1.29. The number of nitrogens with zero attached hydrogens (tertiary/aromatic N) is 2. The number of fused-ring (bicyclic) bond motifs is 1. The van der Waals surface area contributed by atoms with Gasteiger partial charge in [-0.05, 0) is 18.2 Å². The summed E-state index contributed by atoms with van der Waals surface area (Å²) in [6, 6.07) is 8.30. The molecule has 0 aliphatic carbocycles. The lowest BCUT2D eigenvalue weighted by Crippen LogP contribution is -1.82. The van der Waals surface area contributed by atoms with Crippen molar-refractivity contribution in [2.45, 2.75) is 0 Å². The van der Waals surface area contributed by atoms with Crippen LogP contribution in [0, 0.1) is 6.07 Å². The predicted octanol–water partition coefficient (Wildman–Crippen LogP) is 2.08. The van der Waals surface area contributed by atoms with E-state index in [0.717, 1.165) is 11.0 Å². The van der Waals surface area contributed by atoms with Crippen LogP contribution < -0.4 is 0 Å². The standard InChI is InChI=1S/C8H4ClN2/c9-8-5-10-6-3-1-2-4-7(6)11-8/h2-5H. The van der Waals surface area contributed by atoms with E-state index in [4.69, 9.17) is 11.6 Å². The minimum absolute atomic E-state index is 0.420. The van der Waals surface area contributed by atoms with Gasteiger partial charge in [0.25, 0.3) is 0 Å².